The van der Waals surface area contributed by atoms with Gasteiger partial charge in [-0.15, -0.1) is 24.8 Å². The molecule has 6 heteroatoms. The maximum absolute atomic E-state index is 8.98. The molecule has 112 valence electrons. The monoisotopic (exact) mass is 302 g/mol. The van der Waals surface area contributed by atoms with E-state index in [0.29, 0.717) is 11.8 Å². The first-order chi connectivity index (χ1) is 7.65. The lowest BCUT2D eigenvalue weighted by molar-refractivity contribution is 0.177. The first kappa shape index (κ1) is 20.7. The molecule has 0 aromatic heterocycles. The third-order valence-corrected chi connectivity index (χ3v) is 3.69. The van der Waals surface area contributed by atoms with Crippen molar-refractivity contribution < 1.29 is 10.2 Å². The second-order valence-corrected chi connectivity index (χ2v) is 5.14. The summed E-state index contributed by atoms with van der Waals surface area (Å²) in [5.41, 5.74) is 10.8. The van der Waals surface area contributed by atoms with Crippen LogP contribution < -0.4 is 11.5 Å². The van der Waals surface area contributed by atoms with E-state index in [-0.39, 0.29) is 37.0 Å². The lowest BCUT2D eigenvalue weighted by atomic mass is 10.1. The fourth-order valence-corrected chi connectivity index (χ4v) is 2.53. The maximum atomic E-state index is 8.98. The van der Waals surface area contributed by atoms with Crippen LogP contribution in [0.1, 0.15) is 38.5 Å². The number of halogens is 2. The second-order valence-electron chi connectivity index (χ2n) is 5.14. The largest absolute Gasteiger partial charge is 0.393 e. The van der Waals surface area contributed by atoms with Gasteiger partial charge in [0.2, 0.25) is 0 Å². The zero-order valence-electron chi connectivity index (χ0n) is 10.8. The summed E-state index contributed by atoms with van der Waals surface area (Å²) >= 11 is 0. The van der Waals surface area contributed by atoms with Crippen LogP contribution in [0, 0.1) is 11.8 Å². The van der Waals surface area contributed by atoms with E-state index in [9.17, 15) is 0 Å². The van der Waals surface area contributed by atoms with Gasteiger partial charge in [-0.25, -0.2) is 0 Å². The summed E-state index contributed by atoms with van der Waals surface area (Å²) < 4.78 is 0. The topological polar surface area (TPSA) is 92.5 Å². The average Bonchev–Trinajstić information content (AvgIpc) is 2.88. The van der Waals surface area contributed by atoms with Crippen molar-refractivity contribution in [1.29, 1.82) is 0 Å². The van der Waals surface area contributed by atoms with Crippen molar-refractivity contribution in [2.45, 2.75) is 50.7 Å². The van der Waals surface area contributed by atoms with Crippen molar-refractivity contribution in [3.05, 3.63) is 0 Å². The summed E-state index contributed by atoms with van der Waals surface area (Å²) in [4.78, 5) is 0. The number of nitrogens with two attached hydrogens (primary N) is 2. The van der Waals surface area contributed by atoms with E-state index in [1.54, 1.807) is 0 Å². The van der Waals surface area contributed by atoms with Gasteiger partial charge in [-0.3, -0.25) is 0 Å². The highest BCUT2D eigenvalue weighted by atomic mass is 35.5. The first-order valence-electron chi connectivity index (χ1n) is 6.42. The van der Waals surface area contributed by atoms with Crippen molar-refractivity contribution in [3.63, 3.8) is 0 Å². The van der Waals surface area contributed by atoms with E-state index in [1.807, 2.05) is 0 Å². The lowest BCUT2D eigenvalue weighted by Crippen LogP contribution is -2.11. The minimum Gasteiger partial charge on any atom is -0.393 e. The van der Waals surface area contributed by atoms with Crippen LogP contribution in [0.3, 0.4) is 0 Å². The van der Waals surface area contributed by atoms with Crippen LogP contribution in [0.25, 0.3) is 0 Å². The fourth-order valence-electron chi connectivity index (χ4n) is 2.53. The summed E-state index contributed by atoms with van der Waals surface area (Å²) in [6.07, 6.45) is 5.92. The molecule has 0 radical (unpaired) electrons. The number of rotatable bonds is 2. The van der Waals surface area contributed by atoms with Gasteiger partial charge in [-0.2, -0.15) is 0 Å². The molecule has 2 fully saturated rings. The molecule has 2 aliphatic carbocycles. The van der Waals surface area contributed by atoms with E-state index in [4.69, 9.17) is 21.7 Å². The van der Waals surface area contributed by atoms with Crippen LogP contribution in [0.15, 0.2) is 0 Å². The van der Waals surface area contributed by atoms with Crippen LogP contribution in [0.4, 0.5) is 0 Å². The summed E-state index contributed by atoms with van der Waals surface area (Å²) in [5.74, 6) is 1.20. The summed E-state index contributed by atoms with van der Waals surface area (Å²) in [7, 11) is 0. The van der Waals surface area contributed by atoms with E-state index >= 15 is 0 Å². The minimum atomic E-state index is -0.0523. The van der Waals surface area contributed by atoms with Gasteiger partial charge in [0, 0.05) is 0 Å². The zero-order valence-corrected chi connectivity index (χ0v) is 12.5. The normalized spacial score (nSPS) is 34.0. The molecule has 2 rings (SSSR count). The highest BCUT2D eigenvalue weighted by Crippen LogP contribution is 2.24. The highest BCUT2D eigenvalue weighted by molar-refractivity contribution is 5.85. The van der Waals surface area contributed by atoms with Crippen LogP contribution in [0.5, 0.6) is 0 Å². The molecule has 4 atom stereocenters. The maximum Gasteiger partial charge on any atom is 0.0543 e. The number of aliphatic hydroxyl groups is 2. The van der Waals surface area contributed by atoms with Gasteiger partial charge < -0.3 is 21.7 Å². The Labute approximate surface area is 122 Å². The first-order valence-corrected chi connectivity index (χ1v) is 6.42. The van der Waals surface area contributed by atoms with Gasteiger partial charge in [0.15, 0.2) is 0 Å². The van der Waals surface area contributed by atoms with E-state index in [1.165, 1.54) is 0 Å². The summed E-state index contributed by atoms with van der Waals surface area (Å²) in [6.45, 7) is 1.49. The molecule has 0 unspecified atom stereocenters. The quantitative estimate of drug-likeness (QED) is 0.613. The molecule has 0 heterocycles. The molecule has 0 aromatic carbocycles. The smallest absolute Gasteiger partial charge is 0.0543 e. The molecular formula is C12H28Cl2N2O2. The van der Waals surface area contributed by atoms with Gasteiger partial charge in [0.25, 0.3) is 0 Å². The standard InChI is InChI=1S/2C6H13NO.2ClH/c2*7-4-5-1-2-6(8)3-5;;/h2*5-6,8H,1-4,7H2;2*1H/t2*5-,6-;;/m10../s1. The van der Waals surface area contributed by atoms with Crippen LogP contribution >= 0.6 is 24.8 Å². The highest BCUT2D eigenvalue weighted by Gasteiger charge is 2.21. The van der Waals surface area contributed by atoms with Crippen molar-refractivity contribution in [2.75, 3.05) is 13.1 Å². The molecule has 4 nitrogen and oxygen atoms in total. The minimum absolute atomic E-state index is 0. The Morgan fingerprint density at radius 2 is 1.06 bits per heavy atom. The molecule has 2 aliphatic rings. The lowest BCUT2D eigenvalue weighted by Gasteiger charge is -2.01. The number of hydrogen-bond donors (Lipinski definition) is 4. The van der Waals surface area contributed by atoms with E-state index in [2.05, 4.69) is 0 Å². The number of hydrogen-bond acceptors (Lipinski definition) is 4. The SMILES string of the molecule is Cl.Cl.NC[C@@H]1CC[C@@H](O)C1.NC[C@H]1CC[C@H](O)C1. The molecule has 6 N–H and O–H groups in total. The molecule has 0 aliphatic heterocycles. The third kappa shape index (κ3) is 7.77. The fraction of sp³-hybridized carbons (Fsp3) is 1.00. The zero-order chi connectivity index (χ0) is 12.0. The van der Waals surface area contributed by atoms with Gasteiger partial charge in [0.1, 0.15) is 0 Å². The summed E-state index contributed by atoms with van der Waals surface area (Å²) in [5, 5.41) is 18.0. The van der Waals surface area contributed by atoms with Crippen molar-refractivity contribution >= 4 is 24.8 Å². The van der Waals surface area contributed by atoms with Crippen molar-refractivity contribution in [2.24, 2.45) is 23.3 Å². The van der Waals surface area contributed by atoms with Gasteiger partial charge in [-0.1, -0.05) is 0 Å². The molecule has 0 spiro atoms. The predicted octanol–water partition coefficient (Wildman–Crippen LogP) is 1.06. The van der Waals surface area contributed by atoms with Crippen molar-refractivity contribution in [1.82, 2.24) is 0 Å². The number of aliphatic hydroxyl groups excluding tert-OH is 2. The Kier molecular flexibility index (Phi) is 13.0. The average molecular weight is 303 g/mol. The molecule has 2 saturated carbocycles. The van der Waals surface area contributed by atoms with Gasteiger partial charge >= 0.3 is 0 Å². The Morgan fingerprint density at radius 1 is 0.722 bits per heavy atom. The third-order valence-electron chi connectivity index (χ3n) is 3.69. The van der Waals surface area contributed by atoms with Crippen molar-refractivity contribution in [3.8, 4) is 0 Å². The van der Waals surface area contributed by atoms with Gasteiger partial charge in [0.05, 0.1) is 12.2 Å². The molecule has 0 aromatic rings. The molecule has 0 bridgehead atoms. The Morgan fingerprint density at radius 3 is 1.17 bits per heavy atom. The molecule has 0 saturated heterocycles. The van der Waals surface area contributed by atoms with E-state index < -0.39 is 0 Å². The van der Waals surface area contributed by atoms with Gasteiger partial charge in [-0.05, 0) is 63.5 Å². The molecular weight excluding hydrogens is 275 g/mol. The van der Waals surface area contributed by atoms with E-state index in [0.717, 1.165) is 51.6 Å². The predicted molar refractivity (Wildman–Crippen MR) is 79.3 cm³/mol. The van der Waals surface area contributed by atoms with Crippen LogP contribution in [0.2, 0.25) is 0 Å². The molecule has 18 heavy (non-hydrogen) atoms. The Bertz CT molecular complexity index is 179. The Hall–Kier alpha value is 0.420. The van der Waals surface area contributed by atoms with Crippen LogP contribution in [-0.2, 0) is 0 Å². The Balaban J connectivity index is 0. The second kappa shape index (κ2) is 11.3. The summed E-state index contributed by atoms with van der Waals surface area (Å²) in [6, 6.07) is 0. The van der Waals surface area contributed by atoms with Crippen LogP contribution in [-0.4, -0.2) is 35.5 Å². The molecule has 0 amide bonds.